The van der Waals surface area contributed by atoms with Gasteiger partial charge in [0, 0.05) is 5.70 Å². The number of nitrogens with zero attached hydrogens (tertiary/aromatic N) is 2. The highest BCUT2D eigenvalue weighted by Gasteiger charge is 2.42. The van der Waals surface area contributed by atoms with E-state index in [1.165, 1.54) is 4.90 Å². The summed E-state index contributed by atoms with van der Waals surface area (Å²) in [6.07, 6.45) is 0. The number of hydrogen-bond acceptors (Lipinski definition) is 5. The number of hydrogen-bond donors (Lipinski definition) is 3. The van der Waals surface area contributed by atoms with Gasteiger partial charge < -0.3 is 10.3 Å². The van der Waals surface area contributed by atoms with Crippen LogP contribution >= 0.6 is 0 Å². The molecule has 8 heteroatoms. The highest BCUT2D eigenvalue weighted by atomic mass is 16.2. The number of rotatable bonds is 5. The maximum Gasteiger partial charge on any atom is 0.331 e. The zero-order valence-electron chi connectivity index (χ0n) is 14.8. The van der Waals surface area contributed by atoms with Crippen molar-refractivity contribution < 1.29 is 19.3 Å². The Labute approximate surface area is 152 Å². The molecule has 2 heterocycles. The van der Waals surface area contributed by atoms with Crippen LogP contribution in [0.2, 0.25) is 0 Å². The third-order valence-electron chi connectivity index (χ3n) is 4.70. The molecule has 2 aliphatic rings. The molecule has 0 radical (unpaired) electrons. The van der Waals surface area contributed by atoms with Gasteiger partial charge in [0.25, 0.3) is 0 Å². The first-order chi connectivity index (χ1) is 12.5. The van der Waals surface area contributed by atoms with E-state index in [9.17, 15) is 14.4 Å². The fraction of sp³-hybridized carbons (Fsp3) is 0.389. The van der Waals surface area contributed by atoms with Crippen LogP contribution in [0.3, 0.4) is 0 Å². The summed E-state index contributed by atoms with van der Waals surface area (Å²) in [5.41, 5.74) is 4.17. The maximum atomic E-state index is 12.8. The molecule has 0 bridgehead atoms. The van der Waals surface area contributed by atoms with Gasteiger partial charge in [0.2, 0.25) is 11.8 Å². The molecule has 0 saturated carbocycles. The minimum Gasteiger partial charge on any atom is -0.335 e. The van der Waals surface area contributed by atoms with Crippen molar-refractivity contribution in [2.45, 2.75) is 6.54 Å². The van der Waals surface area contributed by atoms with Gasteiger partial charge in [0.15, 0.2) is 5.92 Å². The van der Waals surface area contributed by atoms with Crippen molar-refractivity contribution >= 4 is 17.8 Å². The van der Waals surface area contributed by atoms with Crippen molar-refractivity contribution in [3.05, 3.63) is 48.2 Å². The van der Waals surface area contributed by atoms with Crippen molar-refractivity contribution in [1.82, 2.24) is 20.7 Å². The monoisotopic (exact) mass is 358 g/mol. The number of likely N-dealkylation sites (N-methyl/N-ethyl adjacent to an activating group) is 1. The maximum absolute atomic E-state index is 12.8. The summed E-state index contributed by atoms with van der Waals surface area (Å²) >= 11 is 0. The van der Waals surface area contributed by atoms with Crippen LogP contribution in [0.5, 0.6) is 0 Å². The number of imide groups is 2. The van der Waals surface area contributed by atoms with Crippen LogP contribution in [-0.4, -0.2) is 61.0 Å². The van der Waals surface area contributed by atoms with Gasteiger partial charge in [-0.3, -0.25) is 19.8 Å². The summed E-state index contributed by atoms with van der Waals surface area (Å²) in [6, 6.07) is 8.48. The molecule has 4 amide bonds. The predicted octanol–water partition coefficient (Wildman–Crippen LogP) is -1.27. The lowest BCUT2D eigenvalue weighted by Crippen LogP contribution is -3.12. The molecular weight excluding hydrogens is 334 g/mol. The molecule has 1 atom stereocenters. The molecule has 3 N–H and O–H groups in total. The molecule has 0 spiro atoms. The first-order valence-corrected chi connectivity index (χ1v) is 8.67. The molecule has 8 nitrogen and oxygen atoms in total. The van der Waals surface area contributed by atoms with Crippen molar-refractivity contribution in [3.63, 3.8) is 0 Å². The number of carbonyl (C=O) groups excluding carboxylic acids is 3. The van der Waals surface area contributed by atoms with E-state index < -0.39 is 23.8 Å². The highest BCUT2D eigenvalue weighted by Crippen LogP contribution is 2.19. The van der Waals surface area contributed by atoms with Gasteiger partial charge in [-0.2, -0.15) is 0 Å². The van der Waals surface area contributed by atoms with Crippen LogP contribution in [-0.2, 0) is 16.1 Å². The average molecular weight is 358 g/mol. The van der Waals surface area contributed by atoms with Gasteiger partial charge in [-0.1, -0.05) is 36.9 Å². The number of piperazine rings is 1. The molecule has 0 unspecified atom stereocenters. The topological polar surface area (TPSA) is 86.2 Å². The summed E-state index contributed by atoms with van der Waals surface area (Å²) in [6.45, 7) is 7.50. The fourth-order valence-electron chi connectivity index (χ4n) is 3.10. The third-order valence-corrected chi connectivity index (χ3v) is 4.70. The largest absolute Gasteiger partial charge is 0.335 e. The Bertz CT molecular complexity index is 713. The molecule has 0 aromatic heterocycles. The van der Waals surface area contributed by atoms with Crippen LogP contribution < -0.4 is 15.6 Å². The lowest BCUT2D eigenvalue weighted by Gasteiger charge is -2.35. The van der Waals surface area contributed by atoms with Crippen molar-refractivity contribution in [2.24, 2.45) is 5.92 Å². The second-order valence-corrected chi connectivity index (χ2v) is 6.72. The van der Waals surface area contributed by atoms with Crippen LogP contribution in [0.1, 0.15) is 5.56 Å². The molecule has 1 aromatic rings. The standard InChI is InChI=1S/C18H23N5O3/c1-13(20-22-10-8-21(2)9-11-22)15-16(24)19-18(26)23(17(15)25)12-14-6-4-3-5-7-14/h3-7,15,20H,1,8-12H2,2H3,(H,19,24,26)/p+1/t15-/m0/s1. The fourth-order valence-corrected chi connectivity index (χ4v) is 3.10. The van der Waals surface area contributed by atoms with Gasteiger partial charge in [-0.15, -0.1) is 0 Å². The third kappa shape index (κ3) is 3.92. The van der Waals surface area contributed by atoms with Gasteiger partial charge in [0.1, 0.15) is 0 Å². The first kappa shape index (κ1) is 18.1. The molecule has 3 rings (SSSR count). The van der Waals surface area contributed by atoms with E-state index in [0.717, 1.165) is 36.6 Å². The Morgan fingerprint density at radius 2 is 1.88 bits per heavy atom. The minimum absolute atomic E-state index is 0.112. The second kappa shape index (κ2) is 7.67. The van der Waals surface area contributed by atoms with E-state index in [-0.39, 0.29) is 12.2 Å². The van der Waals surface area contributed by atoms with Crippen LogP contribution in [0.25, 0.3) is 0 Å². The number of quaternary nitrogens is 1. The Morgan fingerprint density at radius 3 is 2.54 bits per heavy atom. The number of amides is 4. The Balaban J connectivity index is 1.69. The Kier molecular flexibility index (Phi) is 5.34. The smallest absolute Gasteiger partial charge is 0.331 e. The van der Waals surface area contributed by atoms with E-state index in [1.54, 1.807) is 0 Å². The van der Waals surface area contributed by atoms with Crippen LogP contribution in [0.4, 0.5) is 4.79 Å². The molecule has 2 aliphatic heterocycles. The van der Waals surface area contributed by atoms with Crippen molar-refractivity contribution in [1.29, 1.82) is 0 Å². The van der Waals surface area contributed by atoms with E-state index in [4.69, 9.17) is 0 Å². The Morgan fingerprint density at radius 1 is 1.23 bits per heavy atom. The highest BCUT2D eigenvalue weighted by molar-refractivity contribution is 6.17. The number of hydrazine groups is 1. The second-order valence-electron chi connectivity index (χ2n) is 6.72. The number of nitrogens with one attached hydrogen (secondary N) is 3. The molecule has 26 heavy (non-hydrogen) atoms. The zero-order chi connectivity index (χ0) is 18.7. The summed E-state index contributed by atoms with van der Waals surface area (Å²) in [5.74, 6) is -2.31. The number of barbiturate groups is 1. The zero-order valence-corrected chi connectivity index (χ0v) is 14.8. The Hall–Kier alpha value is -2.71. The van der Waals surface area contributed by atoms with Crippen molar-refractivity contribution in [3.8, 4) is 0 Å². The van der Waals surface area contributed by atoms with Gasteiger partial charge in [-0.25, -0.2) is 9.80 Å². The van der Waals surface area contributed by atoms with E-state index in [0.29, 0.717) is 0 Å². The number of urea groups is 1. The normalized spacial score (nSPS) is 22.3. The molecule has 138 valence electrons. The summed E-state index contributed by atoms with van der Waals surface area (Å²) in [7, 11) is 2.12. The molecule has 1 aromatic carbocycles. The van der Waals surface area contributed by atoms with E-state index in [2.05, 4.69) is 24.4 Å². The molecule has 2 saturated heterocycles. The van der Waals surface area contributed by atoms with Gasteiger partial charge in [-0.05, 0) is 5.56 Å². The van der Waals surface area contributed by atoms with Crippen LogP contribution in [0, 0.1) is 5.92 Å². The summed E-state index contributed by atoms with van der Waals surface area (Å²) in [4.78, 5) is 39.7. The summed E-state index contributed by atoms with van der Waals surface area (Å²) < 4.78 is 0. The van der Waals surface area contributed by atoms with E-state index in [1.807, 2.05) is 35.3 Å². The van der Waals surface area contributed by atoms with Gasteiger partial charge >= 0.3 is 6.03 Å². The average Bonchev–Trinajstić information content (AvgIpc) is 2.61. The predicted molar refractivity (Wildman–Crippen MR) is 94.5 cm³/mol. The van der Waals surface area contributed by atoms with Crippen molar-refractivity contribution in [2.75, 3.05) is 33.2 Å². The molecule has 0 aliphatic carbocycles. The number of benzene rings is 1. The lowest BCUT2D eigenvalue weighted by atomic mass is 10.0. The SMILES string of the molecule is C=C(NN1CC[NH+](C)CC1)[C@H]1C(=O)NC(=O)N(Cc2ccccc2)C1=O. The number of carbonyl (C=O) groups is 3. The van der Waals surface area contributed by atoms with Crippen LogP contribution in [0.15, 0.2) is 42.6 Å². The quantitative estimate of drug-likeness (QED) is 0.572. The molecule has 2 fully saturated rings. The first-order valence-electron chi connectivity index (χ1n) is 8.67. The van der Waals surface area contributed by atoms with E-state index >= 15 is 0 Å². The minimum atomic E-state index is -1.12. The lowest BCUT2D eigenvalue weighted by molar-refractivity contribution is -0.884. The van der Waals surface area contributed by atoms with Gasteiger partial charge in [0.05, 0.1) is 39.8 Å². The summed E-state index contributed by atoms with van der Waals surface area (Å²) in [5, 5.41) is 4.21. The molecular formula is C18H24N5O3+.